The minimum absolute atomic E-state index is 0.0477. The Morgan fingerprint density at radius 2 is 1.69 bits per heavy atom. The number of amides is 2. The third-order valence-electron chi connectivity index (χ3n) is 4.46. The second-order valence-electron chi connectivity index (χ2n) is 6.58. The molecule has 150 valence electrons. The van der Waals surface area contributed by atoms with Gasteiger partial charge < -0.3 is 20.1 Å². The lowest BCUT2D eigenvalue weighted by Crippen LogP contribution is -2.52. The van der Waals surface area contributed by atoms with Crippen molar-refractivity contribution < 1.29 is 29.0 Å². The highest BCUT2D eigenvalue weighted by molar-refractivity contribution is 6.19. The van der Waals surface area contributed by atoms with Gasteiger partial charge in [0.1, 0.15) is 18.0 Å². The molecule has 1 atom stereocenters. The van der Waals surface area contributed by atoms with Crippen LogP contribution in [0.2, 0.25) is 0 Å². The standard InChI is InChI=1S/C21H20N2O6/c24-17-10-11-23(21(28)19(17)20(27)22-12-18(25)26)13-14-6-8-16(9-7-14)29-15-4-2-1-3-5-15/h1-9,19H,10-13H2,(H,22,27)(H,25,26). The summed E-state index contributed by atoms with van der Waals surface area (Å²) in [5.74, 6) is -3.38. The summed E-state index contributed by atoms with van der Waals surface area (Å²) < 4.78 is 5.73. The van der Waals surface area contributed by atoms with Crippen molar-refractivity contribution in [2.45, 2.75) is 13.0 Å². The van der Waals surface area contributed by atoms with Gasteiger partial charge in [0.25, 0.3) is 0 Å². The van der Waals surface area contributed by atoms with Gasteiger partial charge in [-0.2, -0.15) is 0 Å². The number of ketones is 1. The predicted molar refractivity (Wildman–Crippen MR) is 102 cm³/mol. The molecule has 3 rings (SSSR count). The molecule has 1 aliphatic rings. The number of carbonyl (C=O) groups is 4. The average Bonchev–Trinajstić information content (AvgIpc) is 2.71. The largest absolute Gasteiger partial charge is 0.480 e. The van der Waals surface area contributed by atoms with Gasteiger partial charge in [-0.25, -0.2) is 0 Å². The number of carboxylic acids is 1. The first-order chi connectivity index (χ1) is 13.9. The highest BCUT2D eigenvalue weighted by Crippen LogP contribution is 2.23. The third-order valence-corrected chi connectivity index (χ3v) is 4.46. The van der Waals surface area contributed by atoms with Gasteiger partial charge in [0.2, 0.25) is 11.8 Å². The molecule has 2 N–H and O–H groups in total. The Morgan fingerprint density at radius 3 is 2.34 bits per heavy atom. The number of carboxylic acid groups (broad SMARTS) is 1. The third kappa shape index (κ3) is 5.19. The quantitative estimate of drug-likeness (QED) is 0.688. The lowest BCUT2D eigenvalue weighted by molar-refractivity contribution is -0.152. The molecular weight excluding hydrogens is 376 g/mol. The van der Waals surface area contributed by atoms with Crippen LogP contribution in [-0.4, -0.2) is 46.7 Å². The van der Waals surface area contributed by atoms with E-state index in [2.05, 4.69) is 5.32 Å². The summed E-state index contributed by atoms with van der Waals surface area (Å²) in [6.45, 7) is -0.193. The molecule has 1 heterocycles. The number of nitrogens with one attached hydrogen (secondary N) is 1. The zero-order chi connectivity index (χ0) is 20.8. The Kier molecular flexibility index (Phi) is 6.23. The second-order valence-corrected chi connectivity index (χ2v) is 6.58. The van der Waals surface area contributed by atoms with E-state index in [-0.39, 0.29) is 19.5 Å². The number of likely N-dealkylation sites (tertiary alicyclic amines) is 1. The van der Waals surface area contributed by atoms with E-state index in [0.29, 0.717) is 11.5 Å². The monoisotopic (exact) mass is 396 g/mol. The van der Waals surface area contributed by atoms with Gasteiger partial charge in [-0.1, -0.05) is 30.3 Å². The zero-order valence-electron chi connectivity index (χ0n) is 15.5. The molecule has 8 heteroatoms. The number of benzene rings is 2. The van der Waals surface area contributed by atoms with E-state index < -0.39 is 36.0 Å². The molecular formula is C21H20N2O6. The Bertz CT molecular complexity index is 911. The zero-order valence-corrected chi connectivity index (χ0v) is 15.5. The SMILES string of the molecule is O=C(O)CNC(=O)C1C(=O)CCN(Cc2ccc(Oc3ccccc3)cc2)C1=O. The minimum Gasteiger partial charge on any atom is -0.480 e. The molecule has 8 nitrogen and oxygen atoms in total. The van der Waals surface area contributed by atoms with E-state index in [9.17, 15) is 19.2 Å². The van der Waals surface area contributed by atoms with Crippen LogP contribution in [0.1, 0.15) is 12.0 Å². The maximum atomic E-state index is 12.6. The number of nitrogens with zero attached hydrogens (tertiary/aromatic N) is 1. The van der Waals surface area contributed by atoms with Gasteiger partial charge in [-0.15, -0.1) is 0 Å². The fourth-order valence-electron chi connectivity index (χ4n) is 3.01. The van der Waals surface area contributed by atoms with Crippen molar-refractivity contribution in [1.29, 1.82) is 0 Å². The lowest BCUT2D eigenvalue weighted by Gasteiger charge is -2.30. The van der Waals surface area contributed by atoms with Crippen LogP contribution in [0, 0.1) is 5.92 Å². The van der Waals surface area contributed by atoms with Crippen molar-refractivity contribution in [2.75, 3.05) is 13.1 Å². The maximum Gasteiger partial charge on any atom is 0.322 e. The fraction of sp³-hybridized carbons (Fsp3) is 0.238. The summed E-state index contributed by atoms with van der Waals surface area (Å²) in [5.41, 5.74) is 0.817. The Hall–Kier alpha value is -3.68. The van der Waals surface area contributed by atoms with Crippen LogP contribution in [0.15, 0.2) is 54.6 Å². The first-order valence-electron chi connectivity index (χ1n) is 9.07. The molecule has 1 saturated heterocycles. The number of aliphatic carboxylic acids is 1. The smallest absolute Gasteiger partial charge is 0.322 e. The van der Waals surface area contributed by atoms with E-state index >= 15 is 0 Å². The summed E-state index contributed by atoms with van der Waals surface area (Å²) in [7, 11) is 0. The van der Waals surface area contributed by atoms with E-state index in [1.165, 1.54) is 4.90 Å². The summed E-state index contributed by atoms with van der Waals surface area (Å²) in [5, 5.41) is 10.8. The molecule has 1 fully saturated rings. The molecule has 0 aromatic heterocycles. The van der Waals surface area contributed by atoms with Gasteiger partial charge >= 0.3 is 5.97 Å². The van der Waals surface area contributed by atoms with Gasteiger partial charge in [-0.3, -0.25) is 19.2 Å². The van der Waals surface area contributed by atoms with Crippen molar-refractivity contribution >= 4 is 23.6 Å². The number of carbonyl (C=O) groups excluding carboxylic acids is 3. The van der Waals surface area contributed by atoms with Crippen molar-refractivity contribution in [3.05, 3.63) is 60.2 Å². The van der Waals surface area contributed by atoms with Crippen LogP contribution in [0.4, 0.5) is 0 Å². The summed E-state index contributed by atoms with van der Waals surface area (Å²) in [4.78, 5) is 48.7. The second kappa shape index (κ2) is 9.01. The Morgan fingerprint density at radius 1 is 1.03 bits per heavy atom. The number of rotatable bonds is 7. The number of hydrogen-bond acceptors (Lipinski definition) is 5. The Labute approximate surface area is 167 Å². The minimum atomic E-state index is -1.50. The van der Waals surface area contributed by atoms with Crippen LogP contribution >= 0.6 is 0 Å². The highest BCUT2D eigenvalue weighted by atomic mass is 16.5. The van der Waals surface area contributed by atoms with E-state index in [0.717, 1.165) is 5.56 Å². The van der Waals surface area contributed by atoms with Crippen molar-refractivity contribution in [1.82, 2.24) is 10.2 Å². The summed E-state index contributed by atoms with van der Waals surface area (Å²) in [6, 6.07) is 16.5. The summed E-state index contributed by atoms with van der Waals surface area (Å²) in [6.07, 6.45) is 0.0477. The molecule has 0 saturated carbocycles. The molecule has 2 aromatic rings. The average molecular weight is 396 g/mol. The number of hydrogen-bond donors (Lipinski definition) is 2. The van der Waals surface area contributed by atoms with Gasteiger partial charge in [0.15, 0.2) is 11.7 Å². The van der Waals surface area contributed by atoms with Crippen molar-refractivity contribution in [2.24, 2.45) is 5.92 Å². The van der Waals surface area contributed by atoms with Crippen LogP contribution in [0.3, 0.4) is 0 Å². The van der Waals surface area contributed by atoms with Crippen molar-refractivity contribution in [3.63, 3.8) is 0 Å². The molecule has 2 aromatic carbocycles. The molecule has 2 amide bonds. The predicted octanol–water partition coefficient (Wildman–Crippen LogP) is 1.60. The van der Waals surface area contributed by atoms with Gasteiger partial charge in [-0.05, 0) is 29.8 Å². The number of para-hydroxylation sites is 1. The number of Topliss-reactive ketones (excluding diaryl/α,β-unsaturated/α-hetero) is 1. The molecule has 0 aliphatic carbocycles. The lowest BCUT2D eigenvalue weighted by atomic mass is 9.94. The van der Waals surface area contributed by atoms with E-state index in [4.69, 9.17) is 9.84 Å². The molecule has 0 bridgehead atoms. The van der Waals surface area contributed by atoms with Gasteiger partial charge in [0.05, 0.1) is 0 Å². The van der Waals surface area contributed by atoms with E-state index in [1.807, 2.05) is 42.5 Å². The Balaban J connectivity index is 1.63. The fourth-order valence-corrected chi connectivity index (χ4v) is 3.01. The topological polar surface area (TPSA) is 113 Å². The molecule has 0 spiro atoms. The van der Waals surface area contributed by atoms with Gasteiger partial charge in [0, 0.05) is 19.5 Å². The molecule has 0 radical (unpaired) electrons. The van der Waals surface area contributed by atoms with Crippen LogP contribution in [-0.2, 0) is 25.7 Å². The van der Waals surface area contributed by atoms with Crippen LogP contribution in [0.5, 0.6) is 11.5 Å². The first kappa shape index (κ1) is 20.1. The van der Waals surface area contributed by atoms with Crippen molar-refractivity contribution in [3.8, 4) is 11.5 Å². The van der Waals surface area contributed by atoms with Crippen LogP contribution in [0.25, 0.3) is 0 Å². The normalized spacial score (nSPS) is 16.4. The molecule has 1 unspecified atom stereocenters. The molecule has 1 aliphatic heterocycles. The van der Waals surface area contributed by atoms with E-state index in [1.54, 1.807) is 12.1 Å². The number of ether oxygens (including phenoxy) is 1. The first-order valence-corrected chi connectivity index (χ1v) is 9.07. The maximum absolute atomic E-state index is 12.6. The summed E-state index contributed by atoms with van der Waals surface area (Å²) >= 11 is 0. The highest BCUT2D eigenvalue weighted by Gasteiger charge is 2.40. The molecule has 29 heavy (non-hydrogen) atoms. The van der Waals surface area contributed by atoms with Crippen LogP contribution < -0.4 is 10.1 Å². The number of piperidine rings is 1.